The molecule has 0 saturated carbocycles. The van der Waals surface area contributed by atoms with E-state index in [1.165, 1.54) is 0 Å². The molecule has 5 nitrogen and oxygen atoms in total. The molecular weight excluding hydrogens is 282 g/mol. The minimum Gasteiger partial charge on any atom is -0.508 e. The summed E-state index contributed by atoms with van der Waals surface area (Å²) in [5, 5.41) is 10.2. The van der Waals surface area contributed by atoms with Gasteiger partial charge in [-0.05, 0) is 26.5 Å². The molecule has 0 radical (unpaired) electrons. The van der Waals surface area contributed by atoms with Crippen LogP contribution in [-0.2, 0) is 14.3 Å². The fourth-order valence-electron chi connectivity index (χ4n) is 2.56. The van der Waals surface area contributed by atoms with Gasteiger partial charge in [0.05, 0.1) is 6.61 Å². The molecule has 0 spiro atoms. The fraction of sp³-hybridized carbons (Fsp3) is 0.588. The fourth-order valence-corrected chi connectivity index (χ4v) is 2.56. The van der Waals surface area contributed by atoms with Gasteiger partial charge in [0.1, 0.15) is 11.9 Å². The first-order chi connectivity index (χ1) is 10.6. The predicted octanol–water partition coefficient (Wildman–Crippen LogP) is 2.46. The quantitative estimate of drug-likeness (QED) is 0.524. The van der Waals surface area contributed by atoms with Crippen molar-refractivity contribution in [2.75, 3.05) is 33.4 Å². The molecule has 0 amide bonds. The second-order valence-corrected chi connectivity index (χ2v) is 5.34. The van der Waals surface area contributed by atoms with Crippen molar-refractivity contribution in [1.29, 1.82) is 0 Å². The molecule has 5 heteroatoms. The van der Waals surface area contributed by atoms with E-state index < -0.39 is 6.10 Å². The van der Waals surface area contributed by atoms with Crippen molar-refractivity contribution in [3.63, 3.8) is 0 Å². The Bertz CT molecular complexity index is 454. The van der Waals surface area contributed by atoms with E-state index in [1.807, 2.05) is 26.0 Å². The zero-order valence-electron chi connectivity index (χ0n) is 13.9. The van der Waals surface area contributed by atoms with E-state index in [9.17, 15) is 9.90 Å². The van der Waals surface area contributed by atoms with Crippen LogP contribution in [0.4, 0.5) is 0 Å². The van der Waals surface area contributed by atoms with E-state index in [0.29, 0.717) is 19.6 Å². The van der Waals surface area contributed by atoms with E-state index in [0.717, 1.165) is 24.2 Å². The van der Waals surface area contributed by atoms with Crippen LogP contribution >= 0.6 is 0 Å². The van der Waals surface area contributed by atoms with Crippen molar-refractivity contribution in [3.8, 4) is 0 Å². The van der Waals surface area contributed by atoms with Crippen LogP contribution in [0.15, 0.2) is 35.1 Å². The number of hydrogen-bond donors (Lipinski definition) is 1. The van der Waals surface area contributed by atoms with Crippen molar-refractivity contribution in [2.45, 2.75) is 26.9 Å². The Morgan fingerprint density at radius 2 is 2.23 bits per heavy atom. The van der Waals surface area contributed by atoms with Gasteiger partial charge in [0.2, 0.25) is 0 Å². The standard InChI is InChI=1S/C17H27NO4/c1-5-13(3)14-7-8-16(20)15(17(14)22-12-19)11-18(6-2)9-10-21-4/h5,7-8,12,14,17,20H,6,9-11H2,1-4H3/b13-5-. The van der Waals surface area contributed by atoms with E-state index in [4.69, 9.17) is 9.47 Å². The number of rotatable bonds is 9. The topological polar surface area (TPSA) is 59.0 Å². The third-order valence-electron chi connectivity index (χ3n) is 4.10. The average Bonchev–Trinajstić information content (AvgIpc) is 2.53. The summed E-state index contributed by atoms with van der Waals surface area (Å²) in [4.78, 5) is 13.1. The Labute approximate surface area is 132 Å². The van der Waals surface area contributed by atoms with E-state index in [-0.39, 0.29) is 11.7 Å². The van der Waals surface area contributed by atoms with Crippen LogP contribution in [0, 0.1) is 5.92 Å². The molecule has 0 saturated heterocycles. The third kappa shape index (κ3) is 4.71. The van der Waals surface area contributed by atoms with Crippen molar-refractivity contribution in [1.82, 2.24) is 4.90 Å². The lowest BCUT2D eigenvalue weighted by atomic mass is 9.84. The summed E-state index contributed by atoms with van der Waals surface area (Å²) in [6.07, 6.45) is 5.11. The third-order valence-corrected chi connectivity index (χ3v) is 4.10. The lowest BCUT2D eigenvalue weighted by Gasteiger charge is -2.32. The van der Waals surface area contributed by atoms with Crippen LogP contribution in [-0.4, -0.2) is 55.9 Å². The molecular formula is C17H27NO4. The maximum atomic E-state index is 10.9. The van der Waals surface area contributed by atoms with Gasteiger partial charge in [-0.15, -0.1) is 0 Å². The van der Waals surface area contributed by atoms with Gasteiger partial charge in [-0.2, -0.15) is 0 Å². The van der Waals surface area contributed by atoms with Crippen LogP contribution in [0.5, 0.6) is 0 Å². The molecule has 2 unspecified atom stereocenters. The highest BCUT2D eigenvalue weighted by molar-refractivity contribution is 5.43. The maximum Gasteiger partial charge on any atom is 0.293 e. The molecule has 0 aliphatic heterocycles. The Hall–Kier alpha value is -1.59. The highest BCUT2D eigenvalue weighted by Gasteiger charge is 2.31. The maximum absolute atomic E-state index is 10.9. The SMILES string of the molecule is C/C=C(/C)C1C=CC(O)=C(CN(CC)CCOC)C1OC=O. The summed E-state index contributed by atoms with van der Waals surface area (Å²) in [6.45, 7) is 9.21. The molecule has 1 aliphatic carbocycles. The Balaban J connectivity index is 2.99. The van der Waals surface area contributed by atoms with Gasteiger partial charge in [0, 0.05) is 31.7 Å². The van der Waals surface area contributed by atoms with E-state index in [2.05, 4.69) is 11.8 Å². The number of nitrogens with zero attached hydrogens (tertiary/aromatic N) is 1. The summed E-state index contributed by atoms with van der Waals surface area (Å²) in [6, 6.07) is 0. The molecule has 1 aliphatic rings. The number of carbonyl (C=O) groups excluding carboxylic acids is 1. The molecule has 0 heterocycles. The minimum atomic E-state index is -0.463. The molecule has 1 N–H and O–H groups in total. The molecule has 0 fully saturated rings. The van der Waals surface area contributed by atoms with Gasteiger partial charge in [-0.25, -0.2) is 0 Å². The summed E-state index contributed by atoms with van der Waals surface area (Å²) in [7, 11) is 1.66. The first-order valence-electron chi connectivity index (χ1n) is 7.62. The molecule has 0 aromatic rings. The van der Waals surface area contributed by atoms with E-state index >= 15 is 0 Å². The normalized spacial score (nSPS) is 22.3. The second-order valence-electron chi connectivity index (χ2n) is 5.34. The monoisotopic (exact) mass is 309 g/mol. The summed E-state index contributed by atoms with van der Waals surface area (Å²) in [5.74, 6) is 0.144. The minimum absolute atomic E-state index is 0.0396. The second kappa shape index (κ2) is 9.43. The zero-order valence-corrected chi connectivity index (χ0v) is 13.9. The highest BCUT2D eigenvalue weighted by Crippen LogP contribution is 2.31. The number of likely N-dealkylation sites (N-methyl/N-ethyl adjacent to an activating group) is 1. The Kier molecular flexibility index (Phi) is 7.91. The molecule has 0 bridgehead atoms. The number of allylic oxidation sites excluding steroid dienone is 2. The van der Waals surface area contributed by atoms with Gasteiger partial charge >= 0.3 is 0 Å². The highest BCUT2D eigenvalue weighted by atomic mass is 16.5. The van der Waals surface area contributed by atoms with Gasteiger partial charge < -0.3 is 14.6 Å². The van der Waals surface area contributed by atoms with E-state index in [1.54, 1.807) is 13.2 Å². The van der Waals surface area contributed by atoms with Crippen molar-refractivity contribution >= 4 is 6.47 Å². The number of hydrogen-bond acceptors (Lipinski definition) is 5. The largest absolute Gasteiger partial charge is 0.508 e. The summed E-state index contributed by atoms with van der Waals surface area (Å²) >= 11 is 0. The molecule has 22 heavy (non-hydrogen) atoms. The molecule has 0 aromatic heterocycles. The summed E-state index contributed by atoms with van der Waals surface area (Å²) < 4.78 is 10.4. The zero-order chi connectivity index (χ0) is 16.5. The van der Waals surface area contributed by atoms with Crippen LogP contribution < -0.4 is 0 Å². The average molecular weight is 309 g/mol. The number of aliphatic hydroxyl groups excluding tert-OH is 1. The first-order valence-corrected chi connectivity index (χ1v) is 7.62. The Morgan fingerprint density at radius 1 is 1.50 bits per heavy atom. The van der Waals surface area contributed by atoms with Gasteiger partial charge in [0.25, 0.3) is 6.47 Å². The number of carbonyl (C=O) groups is 1. The van der Waals surface area contributed by atoms with Gasteiger partial charge in [-0.3, -0.25) is 9.69 Å². The molecule has 124 valence electrons. The Morgan fingerprint density at radius 3 is 2.77 bits per heavy atom. The van der Waals surface area contributed by atoms with Crippen LogP contribution in [0.2, 0.25) is 0 Å². The molecule has 0 aromatic carbocycles. The molecule has 2 atom stereocenters. The lowest BCUT2D eigenvalue weighted by Crippen LogP contribution is -2.37. The lowest BCUT2D eigenvalue weighted by molar-refractivity contribution is -0.133. The number of methoxy groups -OCH3 is 1. The summed E-state index contributed by atoms with van der Waals surface area (Å²) in [5.41, 5.74) is 1.84. The number of aliphatic hydroxyl groups is 1. The number of ether oxygens (including phenoxy) is 2. The molecule has 1 rings (SSSR count). The van der Waals surface area contributed by atoms with Crippen LogP contribution in [0.25, 0.3) is 0 Å². The van der Waals surface area contributed by atoms with Gasteiger partial charge in [0.15, 0.2) is 0 Å². The first kappa shape index (κ1) is 18.5. The predicted molar refractivity (Wildman–Crippen MR) is 86.6 cm³/mol. The van der Waals surface area contributed by atoms with Crippen LogP contribution in [0.1, 0.15) is 20.8 Å². The van der Waals surface area contributed by atoms with Gasteiger partial charge in [-0.1, -0.05) is 24.6 Å². The van der Waals surface area contributed by atoms with Crippen molar-refractivity contribution in [3.05, 3.63) is 35.1 Å². The smallest absolute Gasteiger partial charge is 0.293 e. The van der Waals surface area contributed by atoms with Crippen molar-refractivity contribution in [2.24, 2.45) is 5.92 Å². The van der Waals surface area contributed by atoms with Crippen molar-refractivity contribution < 1.29 is 19.4 Å². The van der Waals surface area contributed by atoms with Crippen LogP contribution in [0.3, 0.4) is 0 Å².